The van der Waals surface area contributed by atoms with Crippen molar-refractivity contribution in [1.82, 2.24) is 0 Å². The molecule has 1 aromatic rings. The van der Waals surface area contributed by atoms with Gasteiger partial charge in [-0.2, -0.15) is 0 Å². The number of cyclic esters (lactones) is 2. The Kier molecular flexibility index (Phi) is 4.63. The van der Waals surface area contributed by atoms with E-state index in [4.69, 9.17) is 0 Å². The predicted molar refractivity (Wildman–Crippen MR) is 65.9 cm³/mol. The third-order valence-electron chi connectivity index (χ3n) is 1.96. The standard InChI is InChI=1S/C8H8.C6H4O3/c1-2-8-6-4-3-5-7-8;1-2-4-3-5(7)9-6(4)8/h2-7H,1H2;2-3H,1H2. The zero-order chi connectivity index (χ0) is 12.7. The first-order valence-electron chi connectivity index (χ1n) is 4.95. The molecular weight excluding hydrogens is 216 g/mol. The normalized spacial score (nSPS) is 13.1. The molecule has 0 aliphatic carbocycles. The third-order valence-corrected chi connectivity index (χ3v) is 1.96. The zero-order valence-electron chi connectivity index (χ0n) is 9.26. The third kappa shape index (κ3) is 3.91. The highest BCUT2D eigenvalue weighted by Crippen LogP contribution is 2.07. The van der Waals surface area contributed by atoms with E-state index in [-0.39, 0.29) is 5.57 Å². The summed E-state index contributed by atoms with van der Waals surface area (Å²) in [6.07, 6.45) is 4.22. The van der Waals surface area contributed by atoms with Gasteiger partial charge in [0.05, 0.1) is 5.57 Å². The minimum Gasteiger partial charge on any atom is -0.386 e. The summed E-state index contributed by atoms with van der Waals surface area (Å²) in [4.78, 5) is 20.7. The van der Waals surface area contributed by atoms with Crippen molar-refractivity contribution in [2.45, 2.75) is 0 Å². The van der Waals surface area contributed by atoms with E-state index in [0.717, 1.165) is 6.08 Å². The molecule has 86 valence electrons. The lowest BCUT2D eigenvalue weighted by Crippen LogP contribution is -1.99. The Balaban J connectivity index is 0.000000171. The van der Waals surface area contributed by atoms with Crippen LogP contribution in [0.5, 0.6) is 0 Å². The average molecular weight is 228 g/mol. The van der Waals surface area contributed by atoms with Crippen LogP contribution >= 0.6 is 0 Å². The Hall–Kier alpha value is -2.42. The molecule has 0 saturated heterocycles. The molecule has 0 N–H and O–H groups in total. The van der Waals surface area contributed by atoms with Crippen LogP contribution in [0.2, 0.25) is 0 Å². The van der Waals surface area contributed by atoms with Gasteiger partial charge in [0.2, 0.25) is 0 Å². The van der Waals surface area contributed by atoms with E-state index in [0.29, 0.717) is 0 Å². The van der Waals surface area contributed by atoms with Gasteiger partial charge in [0.1, 0.15) is 0 Å². The molecule has 0 aromatic heterocycles. The first-order chi connectivity index (χ1) is 8.17. The van der Waals surface area contributed by atoms with Gasteiger partial charge in [-0.05, 0) is 5.56 Å². The van der Waals surface area contributed by atoms with Gasteiger partial charge in [-0.25, -0.2) is 9.59 Å². The molecule has 0 bridgehead atoms. The second-order valence-electron chi connectivity index (χ2n) is 3.13. The van der Waals surface area contributed by atoms with Gasteiger partial charge in [0.25, 0.3) is 0 Å². The van der Waals surface area contributed by atoms with Gasteiger partial charge in [-0.15, -0.1) is 0 Å². The highest BCUT2D eigenvalue weighted by molar-refractivity contribution is 6.10. The Morgan fingerprint density at radius 2 is 1.65 bits per heavy atom. The van der Waals surface area contributed by atoms with Crippen LogP contribution in [0.15, 0.2) is 61.2 Å². The second kappa shape index (κ2) is 6.23. The van der Waals surface area contributed by atoms with Crippen molar-refractivity contribution in [2.24, 2.45) is 0 Å². The van der Waals surface area contributed by atoms with Crippen LogP contribution in [-0.4, -0.2) is 11.9 Å². The predicted octanol–water partition coefficient (Wildman–Crippen LogP) is 2.51. The number of hydrogen-bond acceptors (Lipinski definition) is 3. The van der Waals surface area contributed by atoms with E-state index < -0.39 is 11.9 Å². The summed E-state index contributed by atoms with van der Waals surface area (Å²) >= 11 is 0. The van der Waals surface area contributed by atoms with E-state index in [9.17, 15) is 9.59 Å². The number of carbonyl (C=O) groups excluding carboxylic acids is 2. The van der Waals surface area contributed by atoms with Gasteiger partial charge < -0.3 is 4.74 Å². The van der Waals surface area contributed by atoms with Crippen molar-refractivity contribution in [2.75, 3.05) is 0 Å². The van der Waals surface area contributed by atoms with Crippen LogP contribution in [0.1, 0.15) is 5.56 Å². The fraction of sp³-hybridized carbons (Fsp3) is 0. The minimum atomic E-state index is -0.616. The molecule has 0 radical (unpaired) electrons. The molecule has 1 heterocycles. The van der Waals surface area contributed by atoms with Crippen molar-refractivity contribution in [3.63, 3.8) is 0 Å². The fourth-order valence-electron chi connectivity index (χ4n) is 1.10. The van der Waals surface area contributed by atoms with Gasteiger partial charge >= 0.3 is 11.9 Å². The summed E-state index contributed by atoms with van der Waals surface area (Å²) in [6.45, 7) is 6.94. The summed E-state index contributed by atoms with van der Waals surface area (Å²) in [5, 5.41) is 0. The van der Waals surface area contributed by atoms with Crippen LogP contribution in [-0.2, 0) is 14.3 Å². The molecule has 3 nitrogen and oxygen atoms in total. The maximum absolute atomic E-state index is 10.4. The zero-order valence-corrected chi connectivity index (χ0v) is 9.26. The molecule has 2 rings (SSSR count). The van der Waals surface area contributed by atoms with E-state index in [1.807, 2.05) is 36.4 Å². The van der Waals surface area contributed by atoms with Gasteiger partial charge in [0.15, 0.2) is 0 Å². The SMILES string of the molecule is C=CC1=CC(=O)OC1=O.C=Cc1ccccc1. The summed E-state index contributed by atoms with van der Waals surface area (Å²) < 4.78 is 4.12. The maximum Gasteiger partial charge on any atom is 0.346 e. The Bertz CT molecular complexity index is 470. The topological polar surface area (TPSA) is 43.4 Å². The number of carbonyl (C=O) groups is 2. The quantitative estimate of drug-likeness (QED) is 0.577. The molecule has 0 amide bonds. The van der Waals surface area contributed by atoms with Crippen molar-refractivity contribution >= 4 is 18.0 Å². The van der Waals surface area contributed by atoms with Crippen LogP contribution in [0, 0.1) is 0 Å². The number of hydrogen-bond donors (Lipinski definition) is 0. The second-order valence-corrected chi connectivity index (χ2v) is 3.13. The molecule has 1 aliphatic rings. The van der Waals surface area contributed by atoms with Crippen LogP contribution in [0.4, 0.5) is 0 Å². The van der Waals surface area contributed by atoms with Crippen LogP contribution in [0.3, 0.4) is 0 Å². The van der Waals surface area contributed by atoms with Crippen molar-refractivity contribution in [3.8, 4) is 0 Å². The van der Waals surface area contributed by atoms with Crippen molar-refractivity contribution < 1.29 is 14.3 Å². The summed E-state index contributed by atoms with van der Waals surface area (Å²) in [6, 6.07) is 10.0. The van der Waals surface area contributed by atoms with E-state index in [1.54, 1.807) is 0 Å². The average Bonchev–Trinajstić information content (AvgIpc) is 2.69. The highest BCUT2D eigenvalue weighted by atomic mass is 16.6. The Morgan fingerprint density at radius 1 is 1.00 bits per heavy atom. The molecular formula is C14H12O3. The molecule has 0 saturated carbocycles. The number of rotatable bonds is 2. The van der Waals surface area contributed by atoms with E-state index in [2.05, 4.69) is 17.9 Å². The van der Waals surface area contributed by atoms with Gasteiger partial charge in [-0.1, -0.05) is 55.6 Å². The monoisotopic (exact) mass is 228 g/mol. The molecule has 0 fully saturated rings. The summed E-state index contributed by atoms with van der Waals surface area (Å²) in [5.41, 5.74) is 1.40. The first-order valence-corrected chi connectivity index (χ1v) is 4.95. The van der Waals surface area contributed by atoms with E-state index >= 15 is 0 Å². The van der Waals surface area contributed by atoms with Crippen molar-refractivity contribution in [1.29, 1.82) is 0 Å². The van der Waals surface area contributed by atoms with E-state index in [1.165, 1.54) is 11.6 Å². The molecule has 3 heteroatoms. The summed E-state index contributed by atoms with van der Waals surface area (Å²) in [5.74, 6) is -1.23. The minimum absolute atomic E-state index is 0.222. The lowest BCUT2D eigenvalue weighted by atomic mass is 10.2. The van der Waals surface area contributed by atoms with Crippen molar-refractivity contribution in [3.05, 3.63) is 66.8 Å². The molecule has 1 aromatic carbocycles. The lowest BCUT2D eigenvalue weighted by molar-refractivity contribution is -0.150. The number of benzene rings is 1. The number of ether oxygens (including phenoxy) is 1. The van der Waals surface area contributed by atoms with Crippen LogP contribution in [0.25, 0.3) is 6.08 Å². The molecule has 17 heavy (non-hydrogen) atoms. The van der Waals surface area contributed by atoms with Gasteiger partial charge in [-0.3, -0.25) is 0 Å². The first kappa shape index (κ1) is 12.6. The maximum atomic E-state index is 10.4. The fourth-order valence-corrected chi connectivity index (χ4v) is 1.10. The highest BCUT2D eigenvalue weighted by Gasteiger charge is 2.20. The molecule has 0 atom stereocenters. The lowest BCUT2D eigenvalue weighted by Gasteiger charge is -1.85. The Morgan fingerprint density at radius 3 is 1.94 bits per heavy atom. The van der Waals surface area contributed by atoms with Gasteiger partial charge in [0, 0.05) is 6.08 Å². The smallest absolute Gasteiger partial charge is 0.346 e. The molecule has 1 aliphatic heterocycles. The Labute approximate surface area is 99.7 Å². The number of esters is 2. The summed E-state index contributed by atoms with van der Waals surface area (Å²) in [7, 11) is 0. The molecule has 0 spiro atoms. The molecule has 0 unspecified atom stereocenters. The van der Waals surface area contributed by atoms with Crippen LogP contribution < -0.4 is 0 Å². The largest absolute Gasteiger partial charge is 0.386 e.